The monoisotopic (exact) mass is 382 g/mol. The second-order valence-electron chi connectivity index (χ2n) is 5.64. The van der Waals surface area contributed by atoms with Crippen LogP contribution in [-0.2, 0) is 9.53 Å². The van der Waals surface area contributed by atoms with E-state index >= 15 is 0 Å². The second kappa shape index (κ2) is 8.46. The second-order valence-corrected chi connectivity index (χ2v) is 6.50. The highest BCUT2D eigenvalue weighted by molar-refractivity contribution is 7.14. The van der Waals surface area contributed by atoms with Gasteiger partial charge in [-0.05, 0) is 19.1 Å². The average Bonchev–Trinajstić information content (AvgIpc) is 3.17. The smallest absolute Gasteiger partial charge is 0.342 e. The van der Waals surface area contributed by atoms with E-state index in [4.69, 9.17) is 9.47 Å². The molecule has 1 amide bonds. The van der Waals surface area contributed by atoms with Crippen LogP contribution in [0.1, 0.15) is 17.3 Å². The molecule has 0 fully saturated rings. The minimum atomic E-state index is -0.980. The number of nitrogens with zero attached hydrogens (tertiary/aromatic N) is 1. The zero-order valence-electron chi connectivity index (χ0n) is 14.8. The summed E-state index contributed by atoms with van der Waals surface area (Å²) in [5.41, 5.74) is 2.00. The standard InChI is InChI=1S/C20H18N2O4S/c1-13(26-19(24)15-10-6-7-11-17(15)25-2)18(23)22-20-21-16(12-27-20)14-8-4-3-5-9-14/h3-13H,1-2H3,(H,21,22,23). The number of para-hydroxylation sites is 1. The molecule has 0 bridgehead atoms. The minimum absolute atomic E-state index is 0.264. The molecular formula is C20H18N2O4S. The molecule has 1 heterocycles. The fourth-order valence-corrected chi connectivity index (χ4v) is 3.09. The summed E-state index contributed by atoms with van der Waals surface area (Å²) in [6.45, 7) is 1.51. The van der Waals surface area contributed by atoms with Crippen molar-refractivity contribution in [1.82, 2.24) is 4.98 Å². The van der Waals surface area contributed by atoms with Gasteiger partial charge >= 0.3 is 5.97 Å². The number of carbonyl (C=O) groups is 2. The van der Waals surface area contributed by atoms with Gasteiger partial charge in [-0.15, -0.1) is 11.3 Å². The van der Waals surface area contributed by atoms with Gasteiger partial charge in [0.2, 0.25) is 0 Å². The minimum Gasteiger partial charge on any atom is -0.496 e. The van der Waals surface area contributed by atoms with Crippen LogP contribution in [0.5, 0.6) is 5.75 Å². The molecule has 1 atom stereocenters. The number of methoxy groups -OCH3 is 1. The summed E-state index contributed by atoms with van der Waals surface area (Å²) in [5.74, 6) is -0.686. The molecule has 7 heteroatoms. The highest BCUT2D eigenvalue weighted by Crippen LogP contribution is 2.25. The first kappa shape index (κ1) is 18.6. The summed E-state index contributed by atoms with van der Waals surface area (Å²) < 4.78 is 10.4. The van der Waals surface area contributed by atoms with Crippen LogP contribution in [-0.4, -0.2) is 30.1 Å². The molecule has 3 aromatic rings. The van der Waals surface area contributed by atoms with Crippen molar-refractivity contribution < 1.29 is 19.1 Å². The van der Waals surface area contributed by atoms with Crippen molar-refractivity contribution in [2.45, 2.75) is 13.0 Å². The SMILES string of the molecule is COc1ccccc1C(=O)OC(C)C(=O)Nc1nc(-c2ccccc2)cs1. The Balaban J connectivity index is 1.63. The van der Waals surface area contributed by atoms with Gasteiger partial charge in [0.1, 0.15) is 11.3 Å². The Bertz CT molecular complexity index is 940. The van der Waals surface area contributed by atoms with Gasteiger partial charge in [0.25, 0.3) is 5.91 Å². The molecule has 0 saturated heterocycles. The third-order valence-corrected chi connectivity index (χ3v) is 4.54. The molecule has 0 aliphatic carbocycles. The zero-order chi connectivity index (χ0) is 19.2. The van der Waals surface area contributed by atoms with E-state index in [-0.39, 0.29) is 5.56 Å². The van der Waals surface area contributed by atoms with Crippen molar-refractivity contribution in [3.63, 3.8) is 0 Å². The lowest BCUT2D eigenvalue weighted by atomic mass is 10.2. The van der Waals surface area contributed by atoms with Crippen LogP contribution >= 0.6 is 11.3 Å². The molecule has 0 spiro atoms. The number of rotatable bonds is 6. The lowest BCUT2D eigenvalue weighted by molar-refractivity contribution is -0.123. The van der Waals surface area contributed by atoms with Crippen molar-refractivity contribution >= 4 is 28.3 Å². The molecule has 2 aromatic carbocycles. The van der Waals surface area contributed by atoms with E-state index in [0.29, 0.717) is 10.9 Å². The fourth-order valence-electron chi connectivity index (χ4n) is 2.37. The summed E-state index contributed by atoms with van der Waals surface area (Å²) >= 11 is 1.31. The predicted molar refractivity (Wildman–Crippen MR) is 104 cm³/mol. The first-order valence-corrected chi connectivity index (χ1v) is 9.12. The lowest BCUT2D eigenvalue weighted by Crippen LogP contribution is -2.30. The van der Waals surface area contributed by atoms with E-state index < -0.39 is 18.0 Å². The average molecular weight is 382 g/mol. The quantitative estimate of drug-likeness (QED) is 0.652. The number of benzene rings is 2. The van der Waals surface area contributed by atoms with Crippen LogP contribution in [0.15, 0.2) is 60.0 Å². The fraction of sp³-hybridized carbons (Fsp3) is 0.150. The predicted octanol–water partition coefficient (Wildman–Crippen LogP) is 4.00. The number of nitrogens with one attached hydrogen (secondary N) is 1. The summed E-state index contributed by atoms with van der Waals surface area (Å²) in [5, 5.41) is 4.98. The molecule has 0 aliphatic rings. The number of aromatic nitrogens is 1. The molecule has 1 unspecified atom stereocenters. The molecule has 0 radical (unpaired) electrons. The van der Waals surface area contributed by atoms with Gasteiger partial charge in [-0.3, -0.25) is 10.1 Å². The third kappa shape index (κ3) is 4.51. The molecule has 3 rings (SSSR count). The van der Waals surface area contributed by atoms with Crippen molar-refractivity contribution in [2.75, 3.05) is 12.4 Å². The van der Waals surface area contributed by atoms with Gasteiger partial charge in [0.15, 0.2) is 11.2 Å². The number of ether oxygens (including phenoxy) is 2. The van der Waals surface area contributed by atoms with Gasteiger partial charge < -0.3 is 9.47 Å². The Morgan fingerprint density at radius 3 is 2.52 bits per heavy atom. The van der Waals surface area contributed by atoms with Crippen LogP contribution < -0.4 is 10.1 Å². The number of carbonyl (C=O) groups excluding carboxylic acids is 2. The number of hydrogen-bond acceptors (Lipinski definition) is 6. The maximum absolute atomic E-state index is 12.3. The highest BCUT2D eigenvalue weighted by Gasteiger charge is 2.22. The molecule has 1 aromatic heterocycles. The van der Waals surface area contributed by atoms with Gasteiger partial charge in [-0.1, -0.05) is 42.5 Å². The number of thiazole rings is 1. The van der Waals surface area contributed by atoms with E-state index in [2.05, 4.69) is 10.3 Å². The number of hydrogen-bond donors (Lipinski definition) is 1. The number of esters is 1. The Morgan fingerprint density at radius 1 is 1.07 bits per heavy atom. The van der Waals surface area contributed by atoms with Gasteiger partial charge in [-0.2, -0.15) is 0 Å². The van der Waals surface area contributed by atoms with E-state index in [1.807, 2.05) is 35.7 Å². The Labute approximate surface area is 160 Å². The molecule has 0 saturated carbocycles. The van der Waals surface area contributed by atoms with E-state index in [1.165, 1.54) is 25.4 Å². The largest absolute Gasteiger partial charge is 0.496 e. The van der Waals surface area contributed by atoms with Crippen molar-refractivity contribution in [3.05, 3.63) is 65.5 Å². The van der Waals surface area contributed by atoms with Crippen LogP contribution in [0, 0.1) is 0 Å². The van der Waals surface area contributed by atoms with E-state index in [9.17, 15) is 9.59 Å². The van der Waals surface area contributed by atoms with Crippen LogP contribution in [0.4, 0.5) is 5.13 Å². The number of amides is 1. The normalized spacial score (nSPS) is 11.5. The summed E-state index contributed by atoms with van der Waals surface area (Å²) in [4.78, 5) is 29.0. The molecule has 1 N–H and O–H groups in total. The zero-order valence-corrected chi connectivity index (χ0v) is 15.7. The Morgan fingerprint density at radius 2 is 1.78 bits per heavy atom. The summed E-state index contributed by atoms with van der Waals surface area (Å²) in [6, 6.07) is 16.3. The van der Waals surface area contributed by atoms with E-state index in [0.717, 1.165) is 11.3 Å². The van der Waals surface area contributed by atoms with Crippen LogP contribution in [0.3, 0.4) is 0 Å². The first-order valence-electron chi connectivity index (χ1n) is 8.24. The maximum atomic E-state index is 12.3. The molecule has 27 heavy (non-hydrogen) atoms. The highest BCUT2D eigenvalue weighted by atomic mass is 32.1. The number of anilines is 1. The Kier molecular flexibility index (Phi) is 5.83. The molecular weight excluding hydrogens is 364 g/mol. The van der Waals surface area contributed by atoms with Gasteiger partial charge in [0, 0.05) is 10.9 Å². The van der Waals surface area contributed by atoms with Gasteiger partial charge in [0.05, 0.1) is 12.8 Å². The Hall–Kier alpha value is -3.19. The summed E-state index contributed by atoms with van der Waals surface area (Å²) in [7, 11) is 1.47. The van der Waals surface area contributed by atoms with Crippen molar-refractivity contribution in [1.29, 1.82) is 0 Å². The van der Waals surface area contributed by atoms with Crippen LogP contribution in [0.25, 0.3) is 11.3 Å². The first-order chi connectivity index (χ1) is 13.1. The van der Waals surface area contributed by atoms with Crippen LogP contribution in [0.2, 0.25) is 0 Å². The molecule has 6 nitrogen and oxygen atoms in total. The van der Waals surface area contributed by atoms with Crippen molar-refractivity contribution in [2.24, 2.45) is 0 Å². The van der Waals surface area contributed by atoms with E-state index in [1.54, 1.807) is 24.3 Å². The summed E-state index contributed by atoms with van der Waals surface area (Å²) in [6.07, 6.45) is -0.980. The topological polar surface area (TPSA) is 77.5 Å². The maximum Gasteiger partial charge on any atom is 0.342 e. The molecule has 138 valence electrons. The molecule has 0 aliphatic heterocycles. The van der Waals surface area contributed by atoms with Crippen molar-refractivity contribution in [3.8, 4) is 17.0 Å². The van der Waals surface area contributed by atoms with Gasteiger partial charge in [-0.25, -0.2) is 9.78 Å². The lowest BCUT2D eigenvalue weighted by Gasteiger charge is -2.13. The third-order valence-electron chi connectivity index (χ3n) is 3.78.